The summed E-state index contributed by atoms with van der Waals surface area (Å²) in [5, 5.41) is 0. The third kappa shape index (κ3) is 3.25. The van der Waals surface area contributed by atoms with Gasteiger partial charge in [0.1, 0.15) is 0 Å². The molecule has 134 valence electrons. The molecule has 0 aliphatic carbocycles. The lowest BCUT2D eigenvalue weighted by atomic mass is 9.44. The zero-order valence-corrected chi connectivity index (χ0v) is 17.0. The second-order valence-corrected chi connectivity index (χ2v) is 7.41. The standard InChI is InChI=1S/C21H45N/c1-9-17-18(10-2)19(11-3,12-4)20(13-5,14-6)21(22,15-7)16-8/h18H,9-17,22H2,1-8H3. The van der Waals surface area contributed by atoms with Gasteiger partial charge in [-0.3, -0.25) is 0 Å². The molecule has 22 heavy (non-hydrogen) atoms. The maximum absolute atomic E-state index is 7.12. The smallest absolute Gasteiger partial charge is 0.0211 e. The van der Waals surface area contributed by atoms with Crippen molar-refractivity contribution < 1.29 is 0 Å². The Balaban J connectivity index is 6.32. The molecule has 0 bridgehead atoms. The quantitative estimate of drug-likeness (QED) is 0.415. The highest BCUT2D eigenvalue weighted by Gasteiger charge is 2.58. The van der Waals surface area contributed by atoms with Gasteiger partial charge in [-0.15, -0.1) is 0 Å². The van der Waals surface area contributed by atoms with Crippen LogP contribution in [-0.4, -0.2) is 5.54 Å². The monoisotopic (exact) mass is 311 g/mol. The van der Waals surface area contributed by atoms with Crippen molar-refractivity contribution in [3.63, 3.8) is 0 Å². The van der Waals surface area contributed by atoms with E-state index < -0.39 is 0 Å². The van der Waals surface area contributed by atoms with Gasteiger partial charge in [-0.2, -0.15) is 0 Å². The second kappa shape index (κ2) is 9.30. The Morgan fingerprint density at radius 1 is 0.682 bits per heavy atom. The summed E-state index contributed by atoms with van der Waals surface area (Å²) in [6, 6.07) is 0. The van der Waals surface area contributed by atoms with Gasteiger partial charge in [0.05, 0.1) is 0 Å². The van der Waals surface area contributed by atoms with E-state index in [2.05, 4.69) is 55.4 Å². The maximum Gasteiger partial charge on any atom is 0.0211 e. The maximum atomic E-state index is 7.12. The Morgan fingerprint density at radius 3 is 1.36 bits per heavy atom. The minimum Gasteiger partial charge on any atom is -0.325 e. The van der Waals surface area contributed by atoms with Crippen LogP contribution in [-0.2, 0) is 0 Å². The van der Waals surface area contributed by atoms with Gasteiger partial charge >= 0.3 is 0 Å². The molecule has 0 aromatic heterocycles. The van der Waals surface area contributed by atoms with Crippen LogP contribution < -0.4 is 5.73 Å². The molecule has 0 rings (SSSR count). The first kappa shape index (κ1) is 22.0. The van der Waals surface area contributed by atoms with Gasteiger partial charge in [-0.05, 0) is 55.3 Å². The van der Waals surface area contributed by atoms with Gasteiger partial charge in [-0.1, -0.05) is 74.7 Å². The van der Waals surface area contributed by atoms with Crippen LogP contribution in [0.3, 0.4) is 0 Å². The molecule has 1 atom stereocenters. The SMILES string of the molecule is CCCC(CC)C(CC)(CC)C(CC)(CC)C(N)(CC)CC. The lowest BCUT2D eigenvalue weighted by molar-refractivity contribution is -0.103. The summed E-state index contributed by atoms with van der Waals surface area (Å²) in [4.78, 5) is 0. The fourth-order valence-electron chi connectivity index (χ4n) is 6.20. The van der Waals surface area contributed by atoms with Crippen molar-refractivity contribution in [3.8, 4) is 0 Å². The molecule has 1 heteroatoms. The Kier molecular flexibility index (Phi) is 9.29. The van der Waals surface area contributed by atoms with Crippen LogP contribution >= 0.6 is 0 Å². The molecular formula is C21H45N. The number of rotatable bonds is 12. The van der Waals surface area contributed by atoms with Gasteiger partial charge in [0, 0.05) is 5.54 Å². The van der Waals surface area contributed by atoms with Gasteiger partial charge in [-0.25, -0.2) is 0 Å². The Morgan fingerprint density at radius 2 is 1.14 bits per heavy atom. The summed E-state index contributed by atoms with van der Waals surface area (Å²) in [6.07, 6.45) is 11.1. The highest BCUT2D eigenvalue weighted by molar-refractivity contribution is 5.10. The Hall–Kier alpha value is -0.0400. The van der Waals surface area contributed by atoms with Crippen molar-refractivity contribution in [1.82, 2.24) is 0 Å². The summed E-state index contributed by atoms with van der Waals surface area (Å²) in [5.74, 6) is 0.799. The van der Waals surface area contributed by atoms with Gasteiger partial charge < -0.3 is 5.73 Å². The van der Waals surface area contributed by atoms with E-state index in [4.69, 9.17) is 5.73 Å². The van der Waals surface area contributed by atoms with Crippen LogP contribution in [0, 0.1) is 16.7 Å². The van der Waals surface area contributed by atoms with Crippen LogP contribution in [0.2, 0.25) is 0 Å². The molecule has 0 aromatic rings. The van der Waals surface area contributed by atoms with Crippen molar-refractivity contribution in [2.75, 3.05) is 0 Å². The topological polar surface area (TPSA) is 26.0 Å². The van der Waals surface area contributed by atoms with E-state index in [1.807, 2.05) is 0 Å². The van der Waals surface area contributed by atoms with Crippen LogP contribution in [0.5, 0.6) is 0 Å². The van der Waals surface area contributed by atoms with Crippen LogP contribution in [0.15, 0.2) is 0 Å². The van der Waals surface area contributed by atoms with Gasteiger partial charge in [0.2, 0.25) is 0 Å². The van der Waals surface area contributed by atoms with Gasteiger partial charge in [0.25, 0.3) is 0 Å². The number of hydrogen-bond donors (Lipinski definition) is 1. The summed E-state index contributed by atoms with van der Waals surface area (Å²) in [7, 11) is 0. The highest BCUT2D eigenvalue weighted by atomic mass is 14.8. The van der Waals surface area contributed by atoms with Gasteiger partial charge in [0.15, 0.2) is 0 Å². The van der Waals surface area contributed by atoms with Crippen LogP contribution in [0.1, 0.15) is 113 Å². The largest absolute Gasteiger partial charge is 0.325 e. The highest BCUT2D eigenvalue weighted by Crippen LogP contribution is 2.62. The average molecular weight is 312 g/mol. The fraction of sp³-hybridized carbons (Fsp3) is 1.00. The van der Waals surface area contributed by atoms with Crippen molar-refractivity contribution >= 4 is 0 Å². The molecule has 0 aliphatic rings. The third-order valence-corrected chi connectivity index (χ3v) is 7.55. The molecule has 0 spiro atoms. The molecular weight excluding hydrogens is 266 g/mol. The van der Waals surface area contributed by atoms with E-state index in [9.17, 15) is 0 Å². The first-order valence-electron chi connectivity index (χ1n) is 10.2. The van der Waals surface area contributed by atoms with Crippen molar-refractivity contribution in [2.24, 2.45) is 22.5 Å². The molecule has 0 saturated heterocycles. The molecule has 1 unspecified atom stereocenters. The zero-order valence-electron chi connectivity index (χ0n) is 17.0. The summed E-state index contributed by atoms with van der Waals surface area (Å²) in [6.45, 7) is 19.0. The molecule has 2 N–H and O–H groups in total. The molecule has 0 amide bonds. The molecule has 0 aliphatic heterocycles. The number of hydrogen-bond acceptors (Lipinski definition) is 1. The van der Waals surface area contributed by atoms with E-state index in [0.717, 1.165) is 18.8 Å². The van der Waals surface area contributed by atoms with Crippen molar-refractivity contribution in [2.45, 2.75) is 119 Å². The van der Waals surface area contributed by atoms with E-state index in [-0.39, 0.29) is 11.0 Å². The minimum atomic E-state index is -0.0380. The first-order chi connectivity index (χ1) is 10.4. The lowest BCUT2D eigenvalue weighted by Gasteiger charge is -2.62. The number of nitrogens with two attached hydrogens (primary N) is 1. The van der Waals surface area contributed by atoms with E-state index in [1.54, 1.807) is 0 Å². The fourth-order valence-corrected chi connectivity index (χ4v) is 6.20. The zero-order chi connectivity index (χ0) is 17.4. The molecule has 0 radical (unpaired) electrons. The molecule has 1 nitrogen and oxygen atoms in total. The predicted octanol–water partition coefficient (Wildman–Crippen LogP) is 6.94. The Labute approximate surface area is 141 Å². The second-order valence-electron chi connectivity index (χ2n) is 7.41. The summed E-state index contributed by atoms with van der Waals surface area (Å²) in [5.41, 5.74) is 7.71. The van der Waals surface area contributed by atoms with Crippen molar-refractivity contribution in [3.05, 3.63) is 0 Å². The third-order valence-electron chi connectivity index (χ3n) is 7.55. The van der Waals surface area contributed by atoms with E-state index >= 15 is 0 Å². The van der Waals surface area contributed by atoms with Crippen LogP contribution in [0.4, 0.5) is 0 Å². The van der Waals surface area contributed by atoms with E-state index in [1.165, 1.54) is 44.9 Å². The minimum absolute atomic E-state index is 0.0380. The normalized spacial score (nSPS) is 15.1. The average Bonchev–Trinajstić information content (AvgIpc) is 2.57. The van der Waals surface area contributed by atoms with Crippen LogP contribution in [0.25, 0.3) is 0 Å². The summed E-state index contributed by atoms with van der Waals surface area (Å²) < 4.78 is 0. The first-order valence-corrected chi connectivity index (χ1v) is 10.2. The molecule has 0 aromatic carbocycles. The van der Waals surface area contributed by atoms with E-state index in [0.29, 0.717) is 5.41 Å². The molecule has 0 fully saturated rings. The summed E-state index contributed by atoms with van der Waals surface area (Å²) >= 11 is 0. The van der Waals surface area contributed by atoms with Crippen molar-refractivity contribution in [1.29, 1.82) is 0 Å². The lowest BCUT2D eigenvalue weighted by Crippen LogP contribution is -2.63. The molecule has 0 heterocycles. The molecule has 0 saturated carbocycles. The Bertz CT molecular complexity index is 282. The predicted molar refractivity (Wildman–Crippen MR) is 102 cm³/mol.